The van der Waals surface area contributed by atoms with Gasteiger partial charge in [-0.15, -0.1) is 0 Å². The SMILES string of the molecule is [B]c1cc(Br)c(O)c(C=Nc2cccc(NO)c2Cl)c1. The summed E-state index contributed by atoms with van der Waals surface area (Å²) in [5, 5.41) is 19.1. The third kappa shape index (κ3) is 3.15. The van der Waals surface area contributed by atoms with Crippen LogP contribution in [-0.4, -0.2) is 24.4 Å². The molecular weight excluding hydrogens is 342 g/mol. The minimum atomic E-state index is 0.0375. The van der Waals surface area contributed by atoms with Gasteiger partial charge in [0.05, 0.1) is 20.9 Å². The molecule has 0 aliphatic rings. The Morgan fingerprint density at radius 2 is 2.10 bits per heavy atom. The fraction of sp³-hybridized carbons (Fsp3) is 0. The van der Waals surface area contributed by atoms with Gasteiger partial charge in [-0.3, -0.25) is 15.7 Å². The van der Waals surface area contributed by atoms with Crippen molar-refractivity contribution >= 4 is 58.4 Å². The zero-order valence-corrected chi connectivity index (χ0v) is 12.5. The number of hydrogen-bond donors (Lipinski definition) is 3. The number of rotatable bonds is 3. The van der Waals surface area contributed by atoms with Crippen molar-refractivity contribution in [3.63, 3.8) is 0 Å². The first kappa shape index (κ1) is 14.9. The fourth-order valence-corrected chi connectivity index (χ4v) is 2.30. The summed E-state index contributed by atoms with van der Waals surface area (Å²) in [5.74, 6) is 0.0375. The predicted octanol–water partition coefficient (Wildman–Crippen LogP) is 3.15. The Hall–Kier alpha value is -1.50. The highest BCUT2D eigenvalue weighted by atomic mass is 79.9. The summed E-state index contributed by atoms with van der Waals surface area (Å²) < 4.78 is 0.482. The van der Waals surface area contributed by atoms with E-state index >= 15 is 0 Å². The van der Waals surface area contributed by atoms with Crippen molar-refractivity contribution in [3.8, 4) is 5.75 Å². The highest BCUT2D eigenvalue weighted by Gasteiger charge is 2.06. The van der Waals surface area contributed by atoms with E-state index < -0.39 is 0 Å². The van der Waals surface area contributed by atoms with Gasteiger partial charge in [-0.1, -0.05) is 35.3 Å². The predicted molar refractivity (Wildman–Crippen MR) is 85.3 cm³/mol. The maximum Gasteiger partial charge on any atom is 0.138 e. The lowest BCUT2D eigenvalue weighted by Crippen LogP contribution is -2.03. The van der Waals surface area contributed by atoms with Crippen LogP contribution < -0.4 is 10.9 Å². The number of aromatic hydroxyl groups is 1. The average molecular weight is 351 g/mol. The molecule has 100 valence electrons. The van der Waals surface area contributed by atoms with Crippen LogP contribution in [0.15, 0.2) is 39.8 Å². The number of benzene rings is 2. The highest BCUT2D eigenvalue weighted by molar-refractivity contribution is 9.10. The van der Waals surface area contributed by atoms with E-state index in [1.807, 2.05) is 5.48 Å². The van der Waals surface area contributed by atoms with Gasteiger partial charge in [-0.05, 0) is 28.1 Å². The van der Waals surface area contributed by atoms with Gasteiger partial charge < -0.3 is 5.11 Å². The number of phenols is 1. The first-order valence-corrected chi connectivity index (χ1v) is 6.70. The molecule has 0 aromatic heterocycles. The third-order valence-electron chi connectivity index (χ3n) is 2.56. The van der Waals surface area contributed by atoms with Crippen LogP contribution in [0.3, 0.4) is 0 Å². The van der Waals surface area contributed by atoms with Crippen molar-refractivity contribution in [2.45, 2.75) is 0 Å². The smallest absolute Gasteiger partial charge is 0.138 e. The molecule has 2 aromatic carbocycles. The van der Waals surface area contributed by atoms with Crippen molar-refractivity contribution in [2.75, 3.05) is 5.48 Å². The van der Waals surface area contributed by atoms with Gasteiger partial charge in [-0.25, -0.2) is 0 Å². The Bertz CT molecular complexity index is 680. The lowest BCUT2D eigenvalue weighted by atomic mass is 9.94. The molecular formula is C13H9BBrClN2O2. The molecule has 0 bridgehead atoms. The van der Waals surface area contributed by atoms with E-state index in [0.717, 1.165) is 0 Å². The van der Waals surface area contributed by atoms with Gasteiger partial charge >= 0.3 is 0 Å². The second-order valence-electron chi connectivity index (χ2n) is 3.95. The third-order valence-corrected chi connectivity index (χ3v) is 3.56. The molecule has 0 fully saturated rings. The molecule has 4 nitrogen and oxygen atoms in total. The lowest BCUT2D eigenvalue weighted by molar-refractivity contribution is 0.389. The van der Waals surface area contributed by atoms with Crippen LogP contribution in [0.4, 0.5) is 11.4 Å². The van der Waals surface area contributed by atoms with Gasteiger partial charge in [-0.2, -0.15) is 0 Å². The Morgan fingerprint density at radius 3 is 2.80 bits per heavy atom. The molecule has 0 amide bonds. The summed E-state index contributed by atoms with van der Waals surface area (Å²) in [5.41, 5.74) is 3.72. The highest BCUT2D eigenvalue weighted by Crippen LogP contribution is 2.32. The molecule has 7 heteroatoms. The number of nitrogens with one attached hydrogen (secondary N) is 1. The summed E-state index contributed by atoms with van der Waals surface area (Å²) in [6, 6.07) is 8.15. The number of nitrogens with zero attached hydrogens (tertiary/aromatic N) is 1. The zero-order chi connectivity index (χ0) is 14.7. The average Bonchev–Trinajstić information content (AvgIpc) is 2.42. The van der Waals surface area contributed by atoms with E-state index in [1.54, 1.807) is 30.3 Å². The van der Waals surface area contributed by atoms with Crippen LogP contribution in [0.1, 0.15) is 5.56 Å². The van der Waals surface area contributed by atoms with Gasteiger partial charge in [0.2, 0.25) is 0 Å². The van der Waals surface area contributed by atoms with Gasteiger partial charge in [0, 0.05) is 11.8 Å². The summed E-state index contributed by atoms with van der Waals surface area (Å²) in [4.78, 5) is 4.18. The van der Waals surface area contributed by atoms with Crippen molar-refractivity contribution in [2.24, 2.45) is 4.99 Å². The number of hydrogen-bond acceptors (Lipinski definition) is 4. The van der Waals surface area contributed by atoms with Crippen LogP contribution in [0, 0.1) is 0 Å². The summed E-state index contributed by atoms with van der Waals surface area (Å²) >= 11 is 9.24. The molecule has 0 saturated heterocycles. The molecule has 0 spiro atoms. The molecule has 2 radical (unpaired) electrons. The van der Waals surface area contributed by atoms with Gasteiger partial charge in [0.25, 0.3) is 0 Å². The largest absolute Gasteiger partial charge is 0.506 e. The maximum atomic E-state index is 9.89. The van der Waals surface area contributed by atoms with E-state index in [4.69, 9.17) is 24.7 Å². The molecule has 0 unspecified atom stereocenters. The lowest BCUT2D eigenvalue weighted by Gasteiger charge is -2.06. The number of phenolic OH excluding ortho intramolecular Hbond substituents is 1. The van der Waals surface area contributed by atoms with Crippen molar-refractivity contribution < 1.29 is 10.3 Å². The first-order chi connectivity index (χ1) is 9.52. The second kappa shape index (κ2) is 6.30. The van der Waals surface area contributed by atoms with E-state index in [-0.39, 0.29) is 10.8 Å². The van der Waals surface area contributed by atoms with Crippen molar-refractivity contribution in [1.82, 2.24) is 0 Å². The summed E-state index contributed by atoms with van der Waals surface area (Å²) in [6.07, 6.45) is 1.44. The Morgan fingerprint density at radius 1 is 1.35 bits per heavy atom. The van der Waals surface area contributed by atoms with Crippen molar-refractivity contribution in [1.29, 1.82) is 0 Å². The zero-order valence-electron chi connectivity index (χ0n) is 10.1. The number of aliphatic imine (C=N–C) groups is 1. The Balaban J connectivity index is 2.40. The van der Waals surface area contributed by atoms with E-state index in [2.05, 4.69) is 20.9 Å². The van der Waals surface area contributed by atoms with Crippen LogP contribution in [0.2, 0.25) is 5.02 Å². The molecule has 0 heterocycles. The van der Waals surface area contributed by atoms with E-state index in [0.29, 0.717) is 26.9 Å². The molecule has 2 aromatic rings. The van der Waals surface area contributed by atoms with E-state index in [1.165, 1.54) is 6.21 Å². The fourth-order valence-electron chi connectivity index (χ4n) is 1.59. The normalized spacial score (nSPS) is 10.9. The standard InChI is InChI=1S/C13H9BBrClN2O2/c14-8-4-7(13(19)9(15)5-8)6-17-10-2-1-3-11(18-20)12(10)16/h1-6,18-20H. The van der Waals surface area contributed by atoms with Crippen LogP contribution in [0.25, 0.3) is 0 Å². The second-order valence-corrected chi connectivity index (χ2v) is 5.18. The monoisotopic (exact) mass is 350 g/mol. The quantitative estimate of drug-likeness (QED) is 0.452. The minimum absolute atomic E-state index is 0.0375. The molecule has 0 aliphatic carbocycles. The molecule has 3 N–H and O–H groups in total. The maximum absolute atomic E-state index is 9.89. The van der Waals surface area contributed by atoms with Crippen molar-refractivity contribution in [3.05, 3.63) is 45.4 Å². The molecule has 0 aliphatic heterocycles. The summed E-state index contributed by atoms with van der Waals surface area (Å²) in [6.45, 7) is 0. The molecule has 2 rings (SSSR count). The minimum Gasteiger partial charge on any atom is -0.506 e. The van der Waals surface area contributed by atoms with Gasteiger partial charge in [0.1, 0.15) is 13.6 Å². The van der Waals surface area contributed by atoms with E-state index in [9.17, 15) is 5.11 Å². The summed E-state index contributed by atoms with van der Waals surface area (Å²) in [7, 11) is 5.70. The van der Waals surface area contributed by atoms with Crippen LogP contribution in [-0.2, 0) is 0 Å². The van der Waals surface area contributed by atoms with Crippen LogP contribution >= 0.6 is 27.5 Å². The topological polar surface area (TPSA) is 64.9 Å². The number of anilines is 1. The van der Waals surface area contributed by atoms with Crippen LogP contribution in [0.5, 0.6) is 5.75 Å². The molecule has 0 saturated carbocycles. The molecule has 20 heavy (non-hydrogen) atoms. The van der Waals surface area contributed by atoms with Gasteiger partial charge in [0.15, 0.2) is 0 Å². The Kier molecular flexibility index (Phi) is 4.70. The molecule has 0 atom stereocenters. The number of halogens is 2. The first-order valence-electron chi connectivity index (χ1n) is 5.53. The Labute approximate surface area is 130 Å².